The van der Waals surface area contributed by atoms with E-state index in [1.54, 1.807) is 35.2 Å². The number of urea groups is 1. The molecule has 168 valence electrons. The summed E-state index contributed by atoms with van der Waals surface area (Å²) >= 11 is 0. The lowest BCUT2D eigenvalue weighted by Crippen LogP contribution is -2.43. The molecule has 0 bridgehead atoms. The number of imide groups is 1. The van der Waals surface area contributed by atoms with E-state index in [-0.39, 0.29) is 11.6 Å². The minimum absolute atomic E-state index is 0.204. The number of likely N-dealkylation sites (tertiary alicyclic amines) is 1. The molecule has 0 aliphatic carbocycles. The van der Waals surface area contributed by atoms with E-state index in [9.17, 15) is 19.2 Å². The minimum atomic E-state index is -0.728. The van der Waals surface area contributed by atoms with E-state index in [0.717, 1.165) is 0 Å². The predicted molar refractivity (Wildman–Crippen MR) is 116 cm³/mol. The Kier molecular flexibility index (Phi) is 7.80. The first-order valence-electron chi connectivity index (χ1n) is 10.2. The largest absolute Gasteiger partial charge is 0.496 e. The number of methoxy groups -OCH3 is 1. The average molecular weight is 439 g/mol. The summed E-state index contributed by atoms with van der Waals surface area (Å²) in [5.74, 6) is -1.96. The van der Waals surface area contributed by atoms with Gasteiger partial charge in [0, 0.05) is 18.8 Å². The number of esters is 1. The van der Waals surface area contributed by atoms with Crippen LogP contribution < -0.4 is 15.4 Å². The molecule has 1 heterocycles. The second-order valence-corrected chi connectivity index (χ2v) is 7.24. The highest BCUT2D eigenvalue weighted by atomic mass is 16.5. The van der Waals surface area contributed by atoms with Crippen LogP contribution >= 0.6 is 0 Å². The molecule has 1 fully saturated rings. The zero-order chi connectivity index (χ0) is 22.9. The standard InChI is InChI=1S/C23H25N3O6/c1-31-19-10-6-5-9-18(19)21(28)25-20(27)15-32-22(29)16-11-13-26(14-12-16)23(30)24-17-7-3-2-4-8-17/h2-10,16H,11-15H2,1H3,(H,24,30)(H,25,27,28). The van der Waals surface area contributed by atoms with Gasteiger partial charge in [-0.15, -0.1) is 0 Å². The van der Waals surface area contributed by atoms with Crippen LogP contribution in [0.4, 0.5) is 10.5 Å². The number of hydrogen-bond acceptors (Lipinski definition) is 6. The van der Waals surface area contributed by atoms with Crippen LogP contribution in [0.5, 0.6) is 5.75 Å². The summed E-state index contributed by atoms with van der Waals surface area (Å²) in [6.07, 6.45) is 0.867. The van der Waals surface area contributed by atoms with Crippen molar-refractivity contribution in [3.8, 4) is 5.75 Å². The lowest BCUT2D eigenvalue weighted by Gasteiger charge is -2.30. The van der Waals surface area contributed by atoms with Crippen LogP contribution in [0.2, 0.25) is 0 Å². The van der Waals surface area contributed by atoms with E-state index in [2.05, 4.69) is 10.6 Å². The zero-order valence-electron chi connectivity index (χ0n) is 17.7. The van der Waals surface area contributed by atoms with Gasteiger partial charge >= 0.3 is 12.0 Å². The van der Waals surface area contributed by atoms with Crippen molar-refractivity contribution in [3.05, 3.63) is 60.2 Å². The molecular weight excluding hydrogens is 414 g/mol. The number of ether oxygens (including phenoxy) is 2. The molecule has 1 aliphatic rings. The topological polar surface area (TPSA) is 114 Å². The van der Waals surface area contributed by atoms with Gasteiger partial charge in [0.05, 0.1) is 18.6 Å². The quantitative estimate of drug-likeness (QED) is 0.669. The van der Waals surface area contributed by atoms with Crippen molar-refractivity contribution in [1.29, 1.82) is 0 Å². The maximum absolute atomic E-state index is 12.3. The Labute approximate surface area is 185 Å². The van der Waals surface area contributed by atoms with E-state index in [0.29, 0.717) is 37.4 Å². The molecule has 9 nitrogen and oxygen atoms in total. The van der Waals surface area contributed by atoms with Crippen LogP contribution in [-0.2, 0) is 14.3 Å². The van der Waals surface area contributed by atoms with Crippen molar-refractivity contribution in [2.75, 3.05) is 32.1 Å². The summed E-state index contributed by atoms with van der Waals surface area (Å²) in [6, 6.07) is 15.4. The second kappa shape index (κ2) is 10.9. The number of nitrogens with one attached hydrogen (secondary N) is 2. The molecule has 0 spiro atoms. The second-order valence-electron chi connectivity index (χ2n) is 7.24. The summed E-state index contributed by atoms with van der Waals surface area (Å²) in [4.78, 5) is 50.5. The molecule has 0 saturated carbocycles. The molecule has 2 aromatic rings. The summed E-state index contributed by atoms with van der Waals surface area (Å²) < 4.78 is 10.2. The molecule has 0 atom stereocenters. The highest BCUT2D eigenvalue weighted by Crippen LogP contribution is 2.20. The summed E-state index contributed by atoms with van der Waals surface area (Å²) in [6.45, 7) is 0.238. The highest BCUT2D eigenvalue weighted by molar-refractivity contribution is 6.06. The molecule has 1 aliphatic heterocycles. The van der Waals surface area contributed by atoms with Crippen molar-refractivity contribution in [3.63, 3.8) is 0 Å². The molecule has 1 saturated heterocycles. The van der Waals surface area contributed by atoms with E-state index >= 15 is 0 Å². The van der Waals surface area contributed by atoms with Gasteiger partial charge in [0.25, 0.3) is 11.8 Å². The number of para-hydroxylation sites is 2. The summed E-state index contributed by atoms with van der Waals surface area (Å²) in [7, 11) is 1.42. The fourth-order valence-corrected chi connectivity index (χ4v) is 3.36. The fourth-order valence-electron chi connectivity index (χ4n) is 3.36. The smallest absolute Gasteiger partial charge is 0.321 e. The first kappa shape index (κ1) is 22.8. The molecule has 0 unspecified atom stereocenters. The zero-order valence-corrected chi connectivity index (χ0v) is 17.7. The van der Waals surface area contributed by atoms with Gasteiger partial charge in [0.1, 0.15) is 5.75 Å². The maximum Gasteiger partial charge on any atom is 0.321 e. The number of amides is 4. The number of anilines is 1. The summed E-state index contributed by atoms with van der Waals surface area (Å²) in [5.41, 5.74) is 0.906. The van der Waals surface area contributed by atoms with Crippen molar-refractivity contribution < 1.29 is 28.7 Å². The number of rotatable bonds is 6. The molecule has 4 amide bonds. The predicted octanol–water partition coefficient (Wildman–Crippen LogP) is 2.44. The third-order valence-electron chi connectivity index (χ3n) is 5.09. The lowest BCUT2D eigenvalue weighted by atomic mass is 9.97. The van der Waals surface area contributed by atoms with Crippen LogP contribution in [0.3, 0.4) is 0 Å². The Morgan fingerprint density at radius 3 is 2.31 bits per heavy atom. The van der Waals surface area contributed by atoms with E-state index < -0.39 is 30.3 Å². The molecule has 9 heteroatoms. The van der Waals surface area contributed by atoms with E-state index in [1.165, 1.54) is 13.2 Å². The number of piperidine rings is 1. The first-order valence-corrected chi connectivity index (χ1v) is 10.2. The molecule has 0 radical (unpaired) electrons. The number of hydrogen-bond donors (Lipinski definition) is 2. The van der Waals surface area contributed by atoms with Gasteiger partial charge in [0.15, 0.2) is 6.61 Å². The Hall–Kier alpha value is -3.88. The van der Waals surface area contributed by atoms with Crippen molar-refractivity contribution >= 4 is 29.5 Å². The van der Waals surface area contributed by atoms with Crippen LogP contribution in [0.15, 0.2) is 54.6 Å². The van der Waals surface area contributed by atoms with E-state index in [4.69, 9.17) is 9.47 Å². The molecule has 0 aromatic heterocycles. The van der Waals surface area contributed by atoms with Crippen LogP contribution in [0.25, 0.3) is 0 Å². The number of carbonyl (C=O) groups is 4. The molecule has 2 N–H and O–H groups in total. The van der Waals surface area contributed by atoms with Gasteiger partial charge in [0.2, 0.25) is 0 Å². The monoisotopic (exact) mass is 439 g/mol. The molecular formula is C23H25N3O6. The van der Waals surface area contributed by atoms with Gasteiger partial charge in [-0.3, -0.25) is 19.7 Å². The Morgan fingerprint density at radius 2 is 1.62 bits per heavy atom. The maximum atomic E-state index is 12.3. The molecule has 32 heavy (non-hydrogen) atoms. The first-order chi connectivity index (χ1) is 15.5. The Morgan fingerprint density at radius 1 is 0.969 bits per heavy atom. The van der Waals surface area contributed by atoms with Crippen molar-refractivity contribution in [2.24, 2.45) is 5.92 Å². The van der Waals surface area contributed by atoms with Crippen LogP contribution in [0.1, 0.15) is 23.2 Å². The van der Waals surface area contributed by atoms with Gasteiger partial charge in [-0.1, -0.05) is 30.3 Å². The van der Waals surface area contributed by atoms with Crippen molar-refractivity contribution in [1.82, 2.24) is 10.2 Å². The third-order valence-corrected chi connectivity index (χ3v) is 5.09. The highest BCUT2D eigenvalue weighted by Gasteiger charge is 2.29. The number of carbonyl (C=O) groups excluding carboxylic acids is 4. The van der Waals surface area contributed by atoms with Gasteiger partial charge < -0.3 is 19.7 Å². The Bertz CT molecular complexity index is 971. The number of benzene rings is 2. The van der Waals surface area contributed by atoms with Gasteiger partial charge in [-0.25, -0.2) is 4.79 Å². The Balaban J connectivity index is 1.40. The normalized spacial score (nSPS) is 13.7. The van der Waals surface area contributed by atoms with Crippen LogP contribution in [0, 0.1) is 5.92 Å². The SMILES string of the molecule is COc1ccccc1C(=O)NC(=O)COC(=O)C1CCN(C(=O)Nc2ccccc2)CC1. The third kappa shape index (κ3) is 6.07. The molecule has 2 aromatic carbocycles. The van der Waals surface area contributed by atoms with Crippen LogP contribution in [-0.4, -0.2) is 55.5 Å². The van der Waals surface area contributed by atoms with Gasteiger partial charge in [-0.05, 0) is 37.1 Å². The molecule has 3 rings (SSSR count). The van der Waals surface area contributed by atoms with E-state index in [1.807, 2.05) is 18.2 Å². The summed E-state index contributed by atoms with van der Waals surface area (Å²) in [5, 5.41) is 4.99. The fraction of sp³-hybridized carbons (Fsp3) is 0.304. The van der Waals surface area contributed by atoms with Gasteiger partial charge in [-0.2, -0.15) is 0 Å². The average Bonchev–Trinajstić information content (AvgIpc) is 2.83. The number of nitrogens with zero attached hydrogens (tertiary/aromatic N) is 1. The lowest BCUT2D eigenvalue weighted by molar-refractivity contribution is -0.153. The minimum Gasteiger partial charge on any atom is -0.496 e. The van der Waals surface area contributed by atoms with Crippen molar-refractivity contribution in [2.45, 2.75) is 12.8 Å².